The number of halogens is 2. The monoisotopic (exact) mass is 400 g/mol. The molecule has 3 rings (SSSR count). The Morgan fingerprint density at radius 2 is 2.00 bits per heavy atom. The van der Waals surface area contributed by atoms with Gasteiger partial charge in [-0.15, -0.1) is 0 Å². The second-order valence-electron chi connectivity index (χ2n) is 7.64. The van der Waals surface area contributed by atoms with Gasteiger partial charge in [-0.2, -0.15) is 17.2 Å². The van der Waals surface area contributed by atoms with Gasteiger partial charge >= 0.3 is 21.3 Å². The molecule has 7 unspecified atom stereocenters. The Hall–Kier alpha value is -0.880. The Balaban J connectivity index is 1.61. The molecule has 150 valence electrons. The predicted octanol–water partition coefficient (Wildman–Crippen LogP) is 0.673. The van der Waals surface area contributed by atoms with Crippen molar-refractivity contribution in [1.82, 2.24) is 0 Å². The average Bonchev–Trinajstić information content (AvgIpc) is 3.18. The maximum atomic E-state index is 13.3. The van der Waals surface area contributed by atoms with Crippen LogP contribution in [0.5, 0.6) is 0 Å². The molecule has 0 spiro atoms. The molecule has 3 N–H and O–H groups in total. The van der Waals surface area contributed by atoms with Crippen molar-refractivity contribution in [2.45, 2.75) is 68.4 Å². The molecule has 0 amide bonds. The van der Waals surface area contributed by atoms with Gasteiger partial charge in [0, 0.05) is 0 Å². The van der Waals surface area contributed by atoms with Crippen LogP contribution < -0.4 is 0 Å². The number of rotatable bonds is 5. The Morgan fingerprint density at radius 3 is 2.46 bits per heavy atom. The summed E-state index contributed by atoms with van der Waals surface area (Å²) in [6.45, 7) is 1.77. The third-order valence-electron chi connectivity index (χ3n) is 5.94. The van der Waals surface area contributed by atoms with Gasteiger partial charge in [-0.3, -0.25) is 9.35 Å². The Bertz CT molecular complexity index is 679. The van der Waals surface area contributed by atoms with E-state index in [4.69, 9.17) is 9.29 Å². The molecule has 2 bridgehead atoms. The lowest BCUT2D eigenvalue weighted by Crippen LogP contribution is -2.46. The van der Waals surface area contributed by atoms with E-state index >= 15 is 0 Å². The summed E-state index contributed by atoms with van der Waals surface area (Å²) in [6, 6.07) is 0. The number of hydrogen-bond donors (Lipinski definition) is 3. The highest BCUT2D eigenvalue weighted by molar-refractivity contribution is 7.86. The lowest BCUT2D eigenvalue weighted by atomic mass is 9.71. The fraction of sp³-hybridized carbons (Fsp3) is 0.933. The maximum Gasteiger partial charge on any atom is 0.430 e. The molecule has 1 aliphatic carbocycles. The van der Waals surface area contributed by atoms with Gasteiger partial charge in [0.15, 0.2) is 0 Å². The Kier molecular flexibility index (Phi) is 4.84. The van der Waals surface area contributed by atoms with Crippen LogP contribution >= 0.6 is 0 Å². The molecule has 0 radical (unpaired) electrons. The van der Waals surface area contributed by atoms with Crippen LogP contribution in [0.25, 0.3) is 0 Å². The number of alkyl halides is 2. The lowest BCUT2D eigenvalue weighted by Gasteiger charge is -2.35. The highest BCUT2D eigenvalue weighted by Crippen LogP contribution is 2.52. The molecule has 0 aromatic rings. The van der Waals surface area contributed by atoms with Crippen LogP contribution in [-0.2, 0) is 24.4 Å². The van der Waals surface area contributed by atoms with Crippen molar-refractivity contribution < 1.29 is 46.2 Å². The van der Waals surface area contributed by atoms with E-state index < -0.39 is 45.3 Å². The summed E-state index contributed by atoms with van der Waals surface area (Å²) < 4.78 is 66.1. The molecule has 2 saturated heterocycles. The van der Waals surface area contributed by atoms with Crippen LogP contribution in [0.1, 0.15) is 39.0 Å². The van der Waals surface area contributed by atoms with Gasteiger partial charge in [0.2, 0.25) is 0 Å². The van der Waals surface area contributed by atoms with E-state index in [1.54, 1.807) is 6.92 Å². The van der Waals surface area contributed by atoms with Crippen molar-refractivity contribution in [3.05, 3.63) is 0 Å². The van der Waals surface area contributed by atoms with Gasteiger partial charge in [0.1, 0.15) is 0 Å². The van der Waals surface area contributed by atoms with Crippen molar-refractivity contribution in [3.63, 3.8) is 0 Å². The number of carbonyl (C=O) groups is 1. The van der Waals surface area contributed by atoms with Crippen LogP contribution in [0.15, 0.2) is 0 Å². The minimum absolute atomic E-state index is 0.0314. The van der Waals surface area contributed by atoms with E-state index in [9.17, 15) is 32.2 Å². The van der Waals surface area contributed by atoms with Crippen LogP contribution in [0.3, 0.4) is 0 Å². The standard InChI is InChI=1S/C15H22F2O8S/c1-14(20)4-2-3-9(14)7-5-11-8(6-10(7)24-11)12(18)25-13(19)15(16,17)26(21,22)23/h7-11,13,19-20H,2-6H2,1H3,(H,21,22,23). The van der Waals surface area contributed by atoms with Gasteiger partial charge in [-0.1, -0.05) is 6.42 Å². The van der Waals surface area contributed by atoms with Crippen molar-refractivity contribution in [2.75, 3.05) is 0 Å². The molecule has 26 heavy (non-hydrogen) atoms. The molecule has 3 fully saturated rings. The normalized spacial score (nSPS) is 41.4. The number of esters is 1. The summed E-state index contributed by atoms with van der Waals surface area (Å²) in [6.07, 6.45) is -1.16. The quantitative estimate of drug-likeness (QED) is 0.349. The molecule has 3 aliphatic rings. The second kappa shape index (κ2) is 6.33. The number of ether oxygens (including phenoxy) is 2. The summed E-state index contributed by atoms with van der Waals surface area (Å²) >= 11 is 0. The number of aliphatic hydroxyl groups is 2. The first-order valence-electron chi connectivity index (χ1n) is 8.46. The molecular formula is C15H22F2O8S. The zero-order valence-corrected chi connectivity index (χ0v) is 14.9. The molecule has 2 heterocycles. The third-order valence-corrected chi connectivity index (χ3v) is 6.83. The highest BCUT2D eigenvalue weighted by Gasteiger charge is 2.58. The summed E-state index contributed by atoms with van der Waals surface area (Å²) in [5.41, 5.74) is -0.803. The van der Waals surface area contributed by atoms with Gasteiger partial charge in [0.05, 0.1) is 23.7 Å². The first kappa shape index (κ1) is 19.9. The highest BCUT2D eigenvalue weighted by atomic mass is 32.2. The molecule has 0 aromatic carbocycles. The minimum atomic E-state index is -5.93. The Morgan fingerprint density at radius 1 is 1.35 bits per heavy atom. The SMILES string of the molecule is CC1(O)CCCC1C1CC2OC1CC2C(=O)OC(O)C(F)(F)S(=O)(=O)O. The summed E-state index contributed by atoms with van der Waals surface area (Å²) in [5, 5.41) is 14.6. The zero-order valence-electron chi connectivity index (χ0n) is 14.0. The van der Waals surface area contributed by atoms with E-state index in [1.807, 2.05) is 0 Å². The number of aliphatic hydroxyl groups excluding tert-OH is 1. The van der Waals surface area contributed by atoms with E-state index in [0.29, 0.717) is 12.8 Å². The van der Waals surface area contributed by atoms with Crippen molar-refractivity contribution in [1.29, 1.82) is 0 Å². The molecule has 11 heteroatoms. The second-order valence-corrected chi connectivity index (χ2v) is 9.13. The fourth-order valence-electron chi connectivity index (χ4n) is 4.61. The van der Waals surface area contributed by atoms with Crippen LogP contribution in [0.2, 0.25) is 0 Å². The van der Waals surface area contributed by atoms with Crippen LogP contribution in [0.4, 0.5) is 8.78 Å². The van der Waals surface area contributed by atoms with E-state index in [0.717, 1.165) is 12.8 Å². The summed E-state index contributed by atoms with van der Waals surface area (Å²) in [4.78, 5) is 12.1. The average molecular weight is 400 g/mol. The zero-order chi connectivity index (χ0) is 19.5. The number of hydrogen-bond acceptors (Lipinski definition) is 7. The van der Waals surface area contributed by atoms with Crippen LogP contribution in [0, 0.1) is 17.8 Å². The van der Waals surface area contributed by atoms with Crippen LogP contribution in [-0.4, -0.2) is 58.5 Å². The van der Waals surface area contributed by atoms with Gasteiger partial charge in [0.25, 0.3) is 6.29 Å². The molecule has 1 saturated carbocycles. The first-order valence-corrected chi connectivity index (χ1v) is 9.90. The summed E-state index contributed by atoms with van der Waals surface area (Å²) in [5.74, 6) is -2.03. The summed E-state index contributed by atoms with van der Waals surface area (Å²) in [7, 11) is -5.93. The molecule has 0 aromatic heterocycles. The van der Waals surface area contributed by atoms with Crippen molar-refractivity contribution in [3.8, 4) is 0 Å². The van der Waals surface area contributed by atoms with E-state index in [-0.39, 0.29) is 24.4 Å². The topological polar surface area (TPSA) is 130 Å². The van der Waals surface area contributed by atoms with Crippen molar-refractivity contribution in [2.24, 2.45) is 17.8 Å². The molecular weight excluding hydrogens is 378 g/mol. The number of carbonyl (C=O) groups excluding carboxylic acids is 1. The fourth-order valence-corrected chi connectivity index (χ4v) is 4.91. The first-order chi connectivity index (χ1) is 11.8. The molecule has 8 nitrogen and oxygen atoms in total. The van der Waals surface area contributed by atoms with E-state index in [1.165, 1.54) is 0 Å². The van der Waals surface area contributed by atoms with Crippen molar-refractivity contribution >= 4 is 16.1 Å². The minimum Gasteiger partial charge on any atom is -0.428 e. The lowest BCUT2D eigenvalue weighted by molar-refractivity contribution is -0.210. The maximum absolute atomic E-state index is 13.3. The van der Waals surface area contributed by atoms with Gasteiger partial charge in [-0.05, 0) is 44.4 Å². The smallest absolute Gasteiger partial charge is 0.428 e. The largest absolute Gasteiger partial charge is 0.430 e. The van der Waals surface area contributed by atoms with Gasteiger partial charge < -0.3 is 19.7 Å². The number of fused-ring (bicyclic) bond motifs is 2. The van der Waals surface area contributed by atoms with E-state index in [2.05, 4.69) is 4.74 Å². The Labute approximate surface area is 149 Å². The third kappa shape index (κ3) is 3.24. The van der Waals surface area contributed by atoms with Gasteiger partial charge in [-0.25, -0.2) is 0 Å². The predicted molar refractivity (Wildman–Crippen MR) is 81.4 cm³/mol. The molecule has 2 aliphatic heterocycles. The molecule has 7 atom stereocenters.